The van der Waals surface area contributed by atoms with Crippen LogP contribution in [0.1, 0.15) is 18.9 Å². The molecule has 0 fully saturated rings. The molecule has 0 amide bonds. The highest BCUT2D eigenvalue weighted by molar-refractivity contribution is 5.62. The fourth-order valence-electron chi connectivity index (χ4n) is 1.30. The number of rotatable bonds is 3. The van der Waals surface area contributed by atoms with Crippen molar-refractivity contribution in [3.05, 3.63) is 33.9 Å². The molecule has 1 aromatic rings. The Bertz CT molecular complexity index is 323. The van der Waals surface area contributed by atoms with Gasteiger partial charge in [-0.2, -0.15) is 0 Å². The summed E-state index contributed by atoms with van der Waals surface area (Å²) in [5, 5.41) is 10.6. The van der Waals surface area contributed by atoms with Crippen LogP contribution in [0.5, 0.6) is 0 Å². The van der Waals surface area contributed by atoms with Gasteiger partial charge in [0.15, 0.2) is 0 Å². The Morgan fingerprint density at radius 1 is 1.54 bits per heavy atom. The van der Waals surface area contributed by atoms with Crippen LogP contribution >= 0.6 is 0 Å². The second-order valence-electron chi connectivity index (χ2n) is 2.86. The molecule has 0 aliphatic rings. The van der Waals surface area contributed by atoms with E-state index < -0.39 is 4.92 Å². The third-order valence-corrected chi connectivity index (χ3v) is 1.85. The van der Waals surface area contributed by atoms with Crippen molar-refractivity contribution < 1.29 is 4.92 Å². The number of anilines is 1. The molecule has 4 nitrogen and oxygen atoms in total. The second-order valence-corrected chi connectivity index (χ2v) is 2.86. The standard InChI is InChI=1S/C9H12N2O2/c1-2-4-7-5-3-6-8(10)9(7)11(12)13/h3,5-6H,2,4,10H2,1H3. The van der Waals surface area contributed by atoms with Gasteiger partial charge in [0.05, 0.1) is 4.92 Å². The lowest BCUT2D eigenvalue weighted by molar-refractivity contribution is -0.384. The summed E-state index contributed by atoms with van der Waals surface area (Å²) in [5.74, 6) is 0. The molecule has 0 unspecified atom stereocenters. The Kier molecular flexibility index (Phi) is 2.84. The van der Waals surface area contributed by atoms with E-state index in [0.29, 0.717) is 12.0 Å². The molecule has 0 spiro atoms. The molecule has 0 heterocycles. The third kappa shape index (κ3) is 1.96. The monoisotopic (exact) mass is 180 g/mol. The van der Waals surface area contributed by atoms with Crippen LogP contribution < -0.4 is 5.73 Å². The van der Waals surface area contributed by atoms with E-state index in [0.717, 1.165) is 6.42 Å². The first-order valence-corrected chi connectivity index (χ1v) is 4.18. The number of hydrogen-bond acceptors (Lipinski definition) is 3. The minimum Gasteiger partial charge on any atom is -0.393 e. The van der Waals surface area contributed by atoms with Gasteiger partial charge in [-0.1, -0.05) is 25.5 Å². The summed E-state index contributed by atoms with van der Waals surface area (Å²) in [6.45, 7) is 1.98. The van der Waals surface area contributed by atoms with E-state index in [-0.39, 0.29) is 11.4 Å². The summed E-state index contributed by atoms with van der Waals surface area (Å²) in [6.07, 6.45) is 1.58. The summed E-state index contributed by atoms with van der Waals surface area (Å²) in [4.78, 5) is 10.2. The van der Waals surface area contributed by atoms with Gasteiger partial charge >= 0.3 is 0 Å². The van der Waals surface area contributed by atoms with Crippen molar-refractivity contribution >= 4 is 11.4 Å². The lowest BCUT2D eigenvalue weighted by Crippen LogP contribution is -2.00. The van der Waals surface area contributed by atoms with Crippen LogP contribution in [0.25, 0.3) is 0 Å². The zero-order valence-corrected chi connectivity index (χ0v) is 7.49. The molecule has 13 heavy (non-hydrogen) atoms. The normalized spacial score (nSPS) is 9.92. The van der Waals surface area contributed by atoms with Crippen LogP contribution in [0.15, 0.2) is 18.2 Å². The van der Waals surface area contributed by atoms with Crippen LogP contribution in [0.3, 0.4) is 0 Å². The van der Waals surface area contributed by atoms with Crippen molar-refractivity contribution in [3.63, 3.8) is 0 Å². The maximum Gasteiger partial charge on any atom is 0.295 e. The molecule has 0 saturated heterocycles. The Labute approximate surface area is 76.5 Å². The number of aryl methyl sites for hydroxylation is 1. The lowest BCUT2D eigenvalue weighted by atomic mass is 10.1. The Morgan fingerprint density at radius 3 is 2.77 bits per heavy atom. The van der Waals surface area contributed by atoms with Crippen LogP contribution in [-0.4, -0.2) is 4.92 Å². The van der Waals surface area contributed by atoms with Gasteiger partial charge < -0.3 is 5.73 Å². The van der Waals surface area contributed by atoms with Gasteiger partial charge in [-0.05, 0) is 12.5 Å². The average molecular weight is 180 g/mol. The topological polar surface area (TPSA) is 69.2 Å². The smallest absolute Gasteiger partial charge is 0.295 e. The number of nitrogen functional groups attached to an aromatic ring is 1. The summed E-state index contributed by atoms with van der Waals surface area (Å²) < 4.78 is 0. The lowest BCUT2D eigenvalue weighted by Gasteiger charge is -2.02. The highest BCUT2D eigenvalue weighted by Gasteiger charge is 2.15. The molecule has 0 radical (unpaired) electrons. The summed E-state index contributed by atoms with van der Waals surface area (Å²) in [6, 6.07) is 5.04. The molecule has 4 heteroatoms. The Morgan fingerprint density at radius 2 is 2.23 bits per heavy atom. The predicted octanol–water partition coefficient (Wildman–Crippen LogP) is 2.13. The molecule has 0 bridgehead atoms. The van der Waals surface area contributed by atoms with E-state index in [1.807, 2.05) is 6.92 Å². The van der Waals surface area contributed by atoms with E-state index in [9.17, 15) is 10.1 Å². The molecule has 1 aromatic carbocycles. The van der Waals surface area contributed by atoms with Gasteiger partial charge in [0.1, 0.15) is 5.69 Å². The molecule has 0 saturated carbocycles. The first kappa shape index (κ1) is 9.51. The van der Waals surface area contributed by atoms with E-state index in [1.165, 1.54) is 0 Å². The zero-order chi connectivity index (χ0) is 9.84. The van der Waals surface area contributed by atoms with E-state index in [1.54, 1.807) is 18.2 Å². The minimum absolute atomic E-state index is 0.0596. The third-order valence-electron chi connectivity index (χ3n) is 1.85. The van der Waals surface area contributed by atoms with Crippen molar-refractivity contribution in [2.75, 3.05) is 5.73 Å². The fourth-order valence-corrected chi connectivity index (χ4v) is 1.30. The van der Waals surface area contributed by atoms with Crippen molar-refractivity contribution in [1.29, 1.82) is 0 Å². The quantitative estimate of drug-likeness (QED) is 0.440. The molecular formula is C9H12N2O2. The maximum absolute atomic E-state index is 10.6. The Hall–Kier alpha value is -1.58. The summed E-state index contributed by atoms with van der Waals surface area (Å²) in [7, 11) is 0. The van der Waals surface area contributed by atoms with Crippen LogP contribution in [0.2, 0.25) is 0 Å². The van der Waals surface area contributed by atoms with Crippen molar-refractivity contribution in [2.45, 2.75) is 19.8 Å². The number of hydrogen-bond donors (Lipinski definition) is 1. The SMILES string of the molecule is CCCc1cccc(N)c1[N+](=O)[O-]. The van der Waals surface area contributed by atoms with Crippen molar-refractivity contribution in [2.24, 2.45) is 0 Å². The van der Waals surface area contributed by atoms with E-state index >= 15 is 0 Å². The minimum atomic E-state index is -0.416. The van der Waals surface area contributed by atoms with Gasteiger partial charge in [-0.3, -0.25) is 10.1 Å². The van der Waals surface area contributed by atoms with E-state index in [2.05, 4.69) is 0 Å². The van der Waals surface area contributed by atoms with Gasteiger partial charge in [0.25, 0.3) is 5.69 Å². The summed E-state index contributed by atoms with van der Waals surface area (Å²) >= 11 is 0. The van der Waals surface area contributed by atoms with E-state index in [4.69, 9.17) is 5.73 Å². The van der Waals surface area contributed by atoms with Crippen molar-refractivity contribution in [1.82, 2.24) is 0 Å². The average Bonchev–Trinajstić information content (AvgIpc) is 2.04. The molecule has 0 aliphatic carbocycles. The maximum atomic E-state index is 10.6. The Balaban J connectivity index is 3.17. The van der Waals surface area contributed by atoms with Gasteiger partial charge in [0.2, 0.25) is 0 Å². The largest absolute Gasteiger partial charge is 0.393 e. The molecule has 70 valence electrons. The van der Waals surface area contributed by atoms with Gasteiger partial charge in [-0.15, -0.1) is 0 Å². The molecule has 0 atom stereocenters. The summed E-state index contributed by atoms with van der Waals surface area (Å²) in [5.41, 5.74) is 6.53. The number of nitrogens with two attached hydrogens (primary N) is 1. The number of nitrogens with zero attached hydrogens (tertiary/aromatic N) is 1. The number of para-hydroxylation sites is 1. The molecule has 2 N–H and O–H groups in total. The highest BCUT2D eigenvalue weighted by Crippen LogP contribution is 2.26. The van der Waals surface area contributed by atoms with Crippen LogP contribution in [0.4, 0.5) is 11.4 Å². The predicted molar refractivity (Wildman–Crippen MR) is 51.5 cm³/mol. The highest BCUT2D eigenvalue weighted by atomic mass is 16.6. The number of nitro benzene ring substituents is 1. The van der Waals surface area contributed by atoms with Crippen molar-refractivity contribution in [3.8, 4) is 0 Å². The first-order valence-electron chi connectivity index (χ1n) is 4.18. The van der Waals surface area contributed by atoms with Gasteiger partial charge in [0, 0.05) is 5.56 Å². The zero-order valence-electron chi connectivity index (χ0n) is 7.49. The fraction of sp³-hybridized carbons (Fsp3) is 0.333. The molecular weight excluding hydrogens is 168 g/mol. The first-order chi connectivity index (χ1) is 6.16. The molecule has 1 rings (SSSR count). The molecule has 0 aromatic heterocycles. The number of benzene rings is 1. The van der Waals surface area contributed by atoms with Gasteiger partial charge in [-0.25, -0.2) is 0 Å². The number of nitro groups is 1. The van der Waals surface area contributed by atoms with Crippen LogP contribution in [-0.2, 0) is 6.42 Å². The van der Waals surface area contributed by atoms with Crippen LogP contribution in [0, 0.1) is 10.1 Å². The second kappa shape index (κ2) is 3.89. The molecule has 0 aliphatic heterocycles.